The third-order valence-electron chi connectivity index (χ3n) is 2.22. The van der Waals surface area contributed by atoms with Gasteiger partial charge in [-0.2, -0.15) is 13.2 Å². The van der Waals surface area contributed by atoms with Crippen molar-refractivity contribution in [3.05, 3.63) is 19.9 Å². The van der Waals surface area contributed by atoms with E-state index in [9.17, 15) is 13.2 Å². The van der Waals surface area contributed by atoms with Gasteiger partial charge in [0.2, 0.25) is 0 Å². The van der Waals surface area contributed by atoms with Gasteiger partial charge < -0.3 is 10.6 Å². The number of halogens is 4. The molecule has 1 aromatic heterocycles. The van der Waals surface area contributed by atoms with E-state index in [1.807, 2.05) is 12.1 Å². The zero-order valence-electron chi connectivity index (χ0n) is 10.4. The molecular weight excluding hydrogens is 390 g/mol. The molecule has 3 nitrogen and oxygen atoms in total. The van der Waals surface area contributed by atoms with E-state index in [0.717, 1.165) is 6.42 Å². The van der Waals surface area contributed by atoms with Gasteiger partial charge in [-0.05, 0) is 41.1 Å². The van der Waals surface area contributed by atoms with Gasteiger partial charge in [0.1, 0.15) is 0 Å². The Morgan fingerprint density at radius 3 is 2.53 bits per heavy atom. The monoisotopic (exact) mass is 405 g/mol. The van der Waals surface area contributed by atoms with Gasteiger partial charge in [0.05, 0.1) is 9.30 Å². The number of hydrogen-bond acceptors (Lipinski definition) is 2. The highest BCUT2D eigenvalue weighted by atomic mass is 127. The third-order valence-corrected chi connectivity index (χ3v) is 4.17. The Morgan fingerprint density at radius 1 is 1.32 bits per heavy atom. The minimum atomic E-state index is -4.14. The van der Waals surface area contributed by atoms with Crippen molar-refractivity contribution in [2.45, 2.75) is 19.0 Å². The quantitative estimate of drug-likeness (QED) is 0.449. The normalized spacial score (nSPS) is 12.6. The van der Waals surface area contributed by atoms with E-state index >= 15 is 0 Å². The summed E-state index contributed by atoms with van der Waals surface area (Å²) in [6, 6.07) is 4.09. The molecule has 19 heavy (non-hydrogen) atoms. The Hall–Kier alpha value is -0.510. The van der Waals surface area contributed by atoms with Gasteiger partial charge in [0.25, 0.3) is 0 Å². The third kappa shape index (κ3) is 7.61. The summed E-state index contributed by atoms with van der Waals surface area (Å²) in [5, 5.41) is 5.63. The van der Waals surface area contributed by atoms with Crippen LogP contribution in [0.5, 0.6) is 0 Å². The second-order valence-corrected chi connectivity index (χ2v) is 6.81. The molecule has 1 rings (SSSR count). The smallest absolute Gasteiger partial charge is 0.356 e. The molecule has 0 aromatic carbocycles. The Kier molecular flexibility index (Phi) is 6.90. The van der Waals surface area contributed by atoms with Gasteiger partial charge in [-0.25, -0.2) is 0 Å². The highest BCUT2D eigenvalue weighted by Crippen LogP contribution is 2.18. The number of aliphatic imine (C=N–C) groups is 1. The molecule has 0 saturated carbocycles. The molecule has 0 saturated heterocycles. The van der Waals surface area contributed by atoms with Crippen LogP contribution in [0.3, 0.4) is 0 Å². The first-order valence-corrected chi connectivity index (χ1v) is 7.56. The first-order valence-electron chi connectivity index (χ1n) is 5.66. The van der Waals surface area contributed by atoms with Gasteiger partial charge in [-0.15, -0.1) is 11.3 Å². The number of nitrogens with zero attached hydrogens (tertiary/aromatic N) is 1. The summed E-state index contributed by atoms with van der Waals surface area (Å²) in [6.07, 6.45) is -4.18. The first-order chi connectivity index (χ1) is 8.90. The van der Waals surface area contributed by atoms with Crippen LogP contribution in [0.25, 0.3) is 0 Å². The summed E-state index contributed by atoms with van der Waals surface area (Å²) in [5.41, 5.74) is 0. The average Bonchev–Trinajstić information content (AvgIpc) is 2.71. The predicted molar refractivity (Wildman–Crippen MR) is 80.8 cm³/mol. The molecule has 0 spiro atoms. The van der Waals surface area contributed by atoms with Crippen LogP contribution in [0.2, 0.25) is 0 Å². The lowest BCUT2D eigenvalue weighted by Crippen LogP contribution is -2.39. The number of rotatable bonds is 5. The molecular formula is C11H15F3IN3S. The minimum Gasteiger partial charge on any atom is -0.356 e. The number of guanidine groups is 1. The summed E-state index contributed by atoms with van der Waals surface area (Å²) < 4.78 is 37.2. The van der Waals surface area contributed by atoms with Crippen molar-refractivity contribution in [3.63, 3.8) is 0 Å². The van der Waals surface area contributed by atoms with Crippen molar-refractivity contribution in [1.29, 1.82) is 0 Å². The molecule has 1 heterocycles. The molecule has 108 valence electrons. The summed E-state index contributed by atoms with van der Waals surface area (Å²) in [6.45, 7) is 0.475. The second kappa shape index (κ2) is 7.93. The maximum absolute atomic E-state index is 12.0. The van der Waals surface area contributed by atoms with E-state index in [-0.39, 0.29) is 6.54 Å². The lowest BCUT2D eigenvalue weighted by molar-refractivity contribution is -0.132. The van der Waals surface area contributed by atoms with Crippen LogP contribution in [-0.4, -0.2) is 32.3 Å². The van der Waals surface area contributed by atoms with Gasteiger partial charge in [-0.3, -0.25) is 4.99 Å². The van der Waals surface area contributed by atoms with E-state index in [1.54, 1.807) is 11.3 Å². The van der Waals surface area contributed by atoms with Gasteiger partial charge >= 0.3 is 6.18 Å². The first kappa shape index (κ1) is 16.5. The standard InChI is InChI=1S/C11H15F3IN3S/c1-16-10(18-7-5-11(12,13)14)17-6-4-8-2-3-9(15)19-8/h2-3H,4-7H2,1H3,(H2,16,17,18). The highest BCUT2D eigenvalue weighted by molar-refractivity contribution is 14.1. The maximum Gasteiger partial charge on any atom is 0.390 e. The summed E-state index contributed by atoms with van der Waals surface area (Å²) in [5.74, 6) is 0.399. The molecule has 8 heteroatoms. The van der Waals surface area contributed by atoms with Crippen LogP contribution in [0.4, 0.5) is 13.2 Å². The number of hydrogen-bond donors (Lipinski definition) is 2. The van der Waals surface area contributed by atoms with Crippen molar-refractivity contribution in [3.8, 4) is 0 Å². The maximum atomic E-state index is 12.0. The zero-order valence-corrected chi connectivity index (χ0v) is 13.3. The van der Waals surface area contributed by atoms with E-state index < -0.39 is 12.6 Å². The van der Waals surface area contributed by atoms with Crippen molar-refractivity contribution >= 4 is 39.9 Å². The fraction of sp³-hybridized carbons (Fsp3) is 0.545. The Bertz CT molecular complexity index is 418. The van der Waals surface area contributed by atoms with Crippen LogP contribution < -0.4 is 10.6 Å². The molecule has 0 unspecified atom stereocenters. The predicted octanol–water partition coefficient (Wildman–Crippen LogP) is 3.01. The number of nitrogens with one attached hydrogen (secondary N) is 2. The van der Waals surface area contributed by atoms with E-state index in [4.69, 9.17) is 0 Å². The summed E-state index contributed by atoms with van der Waals surface area (Å²) in [4.78, 5) is 5.11. The van der Waals surface area contributed by atoms with Crippen LogP contribution in [0, 0.1) is 2.88 Å². The van der Waals surface area contributed by atoms with Crippen LogP contribution in [0.1, 0.15) is 11.3 Å². The lowest BCUT2D eigenvalue weighted by Gasteiger charge is -2.12. The fourth-order valence-corrected chi connectivity index (χ4v) is 3.09. The molecule has 0 radical (unpaired) electrons. The minimum absolute atomic E-state index is 0.167. The van der Waals surface area contributed by atoms with Gasteiger partial charge in [0.15, 0.2) is 5.96 Å². The van der Waals surface area contributed by atoms with Crippen molar-refractivity contribution < 1.29 is 13.2 Å². The van der Waals surface area contributed by atoms with E-state index in [2.05, 4.69) is 38.2 Å². The number of thiophene rings is 1. The van der Waals surface area contributed by atoms with Crippen molar-refractivity contribution in [2.24, 2.45) is 4.99 Å². The lowest BCUT2D eigenvalue weighted by atomic mass is 10.3. The highest BCUT2D eigenvalue weighted by Gasteiger charge is 2.26. The second-order valence-electron chi connectivity index (χ2n) is 3.75. The van der Waals surface area contributed by atoms with Crippen molar-refractivity contribution in [2.75, 3.05) is 20.1 Å². The topological polar surface area (TPSA) is 36.4 Å². The Balaban J connectivity index is 2.22. The van der Waals surface area contributed by atoms with Gasteiger partial charge in [-0.1, -0.05) is 0 Å². The Labute approximate surface area is 127 Å². The Morgan fingerprint density at radius 2 is 2.00 bits per heavy atom. The number of alkyl halides is 3. The van der Waals surface area contributed by atoms with Crippen LogP contribution in [0.15, 0.2) is 17.1 Å². The fourth-order valence-electron chi connectivity index (χ4n) is 1.33. The van der Waals surface area contributed by atoms with Crippen LogP contribution >= 0.6 is 33.9 Å². The molecule has 0 amide bonds. The summed E-state index contributed by atoms with van der Waals surface area (Å²) >= 11 is 3.96. The molecule has 0 bridgehead atoms. The molecule has 0 aliphatic heterocycles. The molecule has 0 aliphatic carbocycles. The largest absolute Gasteiger partial charge is 0.390 e. The SMILES string of the molecule is CN=C(NCCc1ccc(I)s1)NCCC(F)(F)F. The van der Waals surface area contributed by atoms with Crippen LogP contribution in [-0.2, 0) is 6.42 Å². The van der Waals surface area contributed by atoms with E-state index in [0.29, 0.717) is 12.5 Å². The van der Waals surface area contributed by atoms with Crippen molar-refractivity contribution in [1.82, 2.24) is 10.6 Å². The molecule has 1 aromatic rings. The average molecular weight is 405 g/mol. The molecule has 0 atom stereocenters. The molecule has 0 fully saturated rings. The van der Waals surface area contributed by atoms with E-state index in [1.165, 1.54) is 14.8 Å². The molecule has 0 aliphatic rings. The molecule has 2 N–H and O–H groups in total. The summed E-state index contributed by atoms with van der Waals surface area (Å²) in [7, 11) is 1.54. The zero-order chi connectivity index (χ0) is 14.3. The van der Waals surface area contributed by atoms with Gasteiger partial charge in [0, 0.05) is 25.0 Å².